The Hall–Kier alpha value is -2.88. The highest BCUT2D eigenvalue weighted by Crippen LogP contribution is 2.41. The topological polar surface area (TPSA) is 40.8 Å². The van der Waals surface area contributed by atoms with Gasteiger partial charge < -0.3 is 18.6 Å². The van der Waals surface area contributed by atoms with E-state index >= 15 is 0 Å². The molecule has 3 rings (SSSR count). The zero-order valence-corrected chi connectivity index (χ0v) is 13.4. The third-order valence-corrected chi connectivity index (χ3v) is 3.74. The lowest BCUT2D eigenvalue weighted by molar-refractivity contribution is 0.324. The van der Waals surface area contributed by atoms with Crippen LogP contribution in [0.25, 0.3) is 16.5 Å². The molecule has 0 unspecified atom stereocenters. The van der Waals surface area contributed by atoms with Crippen molar-refractivity contribution in [2.75, 3.05) is 21.3 Å². The predicted molar refractivity (Wildman–Crippen MR) is 90.4 cm³/mol. The minimum Gasteiger partial charge on any atom is -0.493 e. The molecular weight excluding hydrogens is 292 g/mol. The van der Waals surface area contributed by atoms with Gasteiger partial charge in [0.15, 0.2) is 11.5 Å². The van der Waals surface area contributed by atoms with Gasteiger partial charge in [-0.25, -0.2) is 0 Å². The molecule has 0 saturated carbocycles. The van der Waals surface area contributed by atoms with Crippen molar-refractivity contribution in [3.05, 3.63) is 60.4 Å². The number of fused-ring (bicyclic) bond motifs is 1. The Morgan fingerprint density at radius 2 is 1.57 bits per heavy atom. The van der Waals surface area contributed by atoms with Crippen molar-refractivity contribution in [2.24, 2.45) is 0 Å². The lowest BCUT2D eigenvalue weighted by Crippen LogP contribution is -1.97. The van der Waals surface area contributed by atoms with Gasteiger partial charge in [0.25, 0.3) is 0 Å². The minimum atomic E-state index is 0.552. The van der Waals surface area contributed by atoms with E-state index in [-0.39, 0.29) is 0 Å². The molecule has 0 aliphatic carbocycles. The van der Waals surface area contributed by atoms with Crippen molar-refractivity contribution in [2.45, 2.75) is 0 Å². The van der Waals surface area contributed by atoms with Gasteiger partial charge in [-0.2, -0.15) is 0 Å². The summed E-state index contributed by atoms with van der Waals surface area (Å²) >= 11 is 0. The molecule has 3 aromatic rings. The second-order valence-electron chi connectivity index (χ2n) is 5.04. The molecule has 23 heavy (non-hydrogen) atoms. The zero-order chi connectivity index (χ0) is 16.4. The van der Waals surface area contributed by atoms with E-state index < -0.39 is 0 Å². The number of benzene rings is 2. The Labute approximate surface area is 134 Å². The van der Waals surface area contributed by atoms with E-state index in [1.54, 1.807) is 21.3 Å². The summed E-state index contributed by atoms with van der Waals surface area (Å²) in [5, 5.41) is 1.04. The molecule has 0 spiro atoms. The number of hydrogen-bond donors (Lipinski definition) is 0. The highest BCUT2D eigenvalue weighted by molar-refractivity contribution is 5.86. The molecule has 0 aliphatic rings. The SMILES string of the molecule is C=C(c1cc(OC)c(OC)c(OC)c1)c1cc2ccccc2o1. The van der Waals surface area contributed by atoms with Crippen molar-refractivity contribution in [3.63, 3.8) is 0 Å². The molecule has 0 radical (unpaired) electrons. The maximum absolute atomic E-state index is 5.88. The Bertz CT molecular complexity index is 803. The molecule has 2 aromatic carbocycles. The highest BCUT2D eigenvalue weighted by Gasteiger charge is 2.16. The molecule has 1 heterocycles. The molecule has 4 nitrogen and oxygen atoms in total. The van der Waals surface area contributed by atoms with E-state index in [9.17, 15) is 0 Å². The maximum Gasteiger partial charge on any atom is 0.203 e. The molecule has 0 atom stereocenters. The monoisotopic (exact) mass is 310 g/mol. The lowest BCUT2D eigenvalue weighted by atomic mass is 10.0. The fourth-order valence-electron chi connectivity index (χ4n) is 2.53. The second kappa shape index (κ2) is 6.08. The van der Waals surface area contributed by atoms with Gasteiger partial charge in [-0.15, -0.1) is 0 Å². The normalized spacial score (nSPS) is 10.6. The largest absolute Gasteiger partial charge is 0.493 e. The summed E-state index contributed by atoms with van der Waals surface area (Å²) in [5.74, 6) is 2.43. The van der Waals surface area contributed by atoms with Crippen LogP contribution in [0.3, 0.4) is 0 Å². The molecule has 4 heteroatoms. The standard InChI is InChI=1S/C19H18O4/c1-12(16-9-13-7-5-6-8-15(13)23-16)14-10-17(20-2)19(22-4)18(11-14)21-3/h5-11H,1H2,2-4H3. The molecule has 0 fully saturated rings. The molecule has 0 aliphatic heterocycles. The summed E-state index contributed by atoms with van der Waals surface area (Å²) in [5.41, 5.74) is 2.43. The van der Waals surface area contributed by atoms with Crippen molar-refractivity contribution < 1.29 is 18.6 Å². The zero-order valence-electron chi connectivity index (χ0n) is 13.4. The van der Waals surface area contributed by atoms with Gasteiger partial charge in [-0.1, -0.05) is 24.8 Å². The summed E-state index contributed by atoms with van der Waals surface area (Å²) in [6.07, 6.45) is 0. The third-order valence-electron chi connectivity index (χ3n) is 3.74. The van der Waals surface area contributed by atoms with E-state index in [4.69, 9.17) is 18.6 Å². The van der Waals surface area contributed by atoms with Gasteiger partial charge in [-0.05, 0) is 29.8 Å². The second-order valence-corrected chi connectivity index (χ2v) is 5.04. The first-order valence-corrected chi connectivity index (χ1v) is 7.16. The summed E-state index contributed by atoms with van der Waals surface area (Å²) in [6.45, 7) is 4.15. The number of methoxy groups -OCH3 is 3. The number of furan rings is 1. The predicted octanol–water partition coefficient (Wildman–Crippen LogP) is 4.52. The van der Waals surface area contributed by atoms with Crippen molar-refractivity contribution >= 4 is 16.5 Å². The van der Waals surface area contributed by atoms with Gasteiger partial charge in [0.1, 0.15) is 11.3 Å². The van der Waals surface area contributed by atoms with Crippen LogP contribution in [0, 0.1) is 0 Å². The average molecular weight is 310 g/mol. The van der Waals surface area contributed by atoms with E-state index in [0.29, 0.717) is 23.0 Å². The molecule has 118 valence electrons. The van der Waals surface area contributed by atoms with Crippen LogP contribution in [0.15, 0.2) is 53.5 Å². The molecule has 0 saturated heterocycles. The quantitative estimate of drug-likeness (QED) is 0.694. The summed E-state index contributed by atoms with van der Waals surface area (Å²) in [7, 11) is 4.75. The van der Waals surface area contributed by atoms with Crippen LogP contribution in [-0.2, 0) is 0 Å². The van der Waals surface area contributed by atoms with Crippen LogP contribution in [0.1, 0.15) is 11.3 Å². The average Bonchev–Trinajstić information content (AvgIpc) is 3.03. The Balaban J connectivity index is 2.08. The van der Waals surface area contributed by atoms with Gasteiger partial charge in [0, 0.05) is 11.0 Å². The van der Waals surface area contributed by atoms with Gasteiger partial charge >= 0.3 is 0 Å². The van der Waals surface area contributed by atoms with Crippen LogP contribution in [0.2, 0.25) is 0 Å². The Morgan fingerprint density at radius 1 is 0.913 bits per heavy atom. The van der Waals surface area contributed by atoms with Gasteiger partial charge in [-0.3, -0.25) is 0 Å². The summed E-state index contributed by atoms with van der Waals surface area (Å²) < 4.78 is 22.0. The van der Waals surface area contributed by atoms with Crippen molar-refractivity contribution in [1.29, 1.82) is 0 Å². The first kappa shape index (κ1) is 15.0. The fraction of sp³-hybridized carbons (Fsp3) is 0.158. The molecule has 0 amide bonds. The number of ether oxygens (including phenoxy) is 3. The van der Waals surface area contributed by atoms with E-state index in [1.807, 2.05) is 42.5 Å². The molecule has 0 N–H and O–H groups in total. The minimum absolute atomic E-state index is 0.552. The van der Waals surface area contributed by atoms with Crippen LogP contribution < -0.4 is 14.2 Å². The van der Waals surface area contributed by atoms with Gasteiger partial charge in [0.2, 0.25) is 5.75 Å². The van der Waals surface area contributed by atoms with Crippen molar-refractivity contribution in [1.82, 2.24) is 0 Å². The van der Waals surface area contributed by atoms with E-state index in [1.165, 1.54) is 0 Å². The summed E-state index contributed by atoms with van der Waals surface area (Å²) in [4.78, 5) is 0. The Kier molecular flexibility index (Phi) is 3.98. The summed E-state index contributed by atoms with van der Waals surface area (Å²) in [6, 6.07) is 13.5. The third kappa shape index (κ3) is 2.63. The van der Waals surface area contributed by atoms with Crippen LogP contribution in [-0.4, -0.2) is 21.3 Å². The number of hydrogen-bond acceptors (Lipinski definition) is 4. The van der Waals surface area contributed by atoms with Gasteiger partial charge in [0.05, 0.1) is 21.3 Å². The smallest absolute Gasteiger partial charge is 0.203 e. The Morgan fingerprint density at radius 3 is 2.13 bits per heavy atom. The molecule has 1 aromatic heterocycles. The molecular formula is C19H18O4. The number of rotatable bonds is 5. The fourth-order valence-corrected chi connectivity index (χ4v) is 2.53. The number of para-hydroxylation sites is 1. The first-order chi connectivity index (χ1) is 11.2. The molecule has 0 bridgehead atoms. The lowest BCUT2D eigenvalue weighted by Gasteiger charge is -2.14. The maximum atomic E-state index is 5.88. The highest BCUT2D eigenvalue weighted by atomic mass is 16.5. The van der Waals surface area contributed by atoms with E-state index in [2.05, 4.69) is 6.58 Å². The van der Waals surface area contributed by atoms with Crippen molar-refractivity contribution in [3.8, 4) is 17.2 Å². The van der Waals surface area contributed by atoms with Crippen LogP contribution in [0.5, 0.6) is 17.2 Å². The van der Waals surface area contributed by atoms with E-state index in [0.717, 1.165) is 22.1 Å². The first-order valence-electron chi connectivity index (χ1n) is 7.16. The van der Waals surface area contributed by atoms with Crippen LogP contribution >= 0.6 is 0 Å². The van der Waals surface area contributed by atoms with Crippen LogP contribution in [0.4, 0.5) is 0 Å².